The van der Waals surface area contributed by atoms with E-state index in [4.69, 9.17) is 0 Å². The molecule has 2 N–H and O–H groups in total. The van der Waals surface area contributed by atoms with Gasteiger partial charge in [-0.3, -0.25) is 9.36 Å². The van der Waals surface area contributed by atoms with Crippen LogP contribution in [0.25, 0.3) is 11.0 Å². The molecule has 1 saturated carbocycles. The number of fused-ring (bicyclic) bond motifs is 1. The van der Waals surface area contributed by atoms with E-state index in [9.17, 15) is 18.3 Å². The van der Waals surface area contributed by atoms with E-state index in [-0.39, 0.29) is 23.6 Å². The number of aliphatic hydroxyl groups excluding tert-OH is 1. The lowest BCUT2D eigenvalue weighted by Gasteiger charge is -2.30. The van der Waals surface area contributed by atoms with Gasteiger partial charge in [-0.05, 0) is 31.7 Å². The van der Waals surface area contributed by atoms with Crippen molar-refractivity contribution in [1.82, 2.24) is 18.8 Å². The van der Waals surface area contributed by atoms with Gasteiger partial charge in [0.05, 0.1) is 12.4 Å². The maximum absolute atomic E-state index is 12.6. The quantitative estimate of drug-likeness (QED) is 0.755. The van der Waals surface area contributed by atoms with Crippen LogP contribution < -0.4 is 10.9 Å². The SMILES string of the molecule is C[C@@H]1[C@H](O)CC[C@@H]1n1c(=O)ccc2cnc(NC3CCN(S(C)(=O)=O)CC3)nc21. The smallest absolute Gasteiger partial charge is 0.252 e. The van der Waals surface area contributed by atoms with Crippen molar-refractivity contribution in [1.29, 1.82) is 0 Å². The highest BCUT2D eigenvalue weighted by Crippen LogP contribution is 2.36. The van der Waals surface area contributed by atoms with Crippen LogP contribution in [0.3, 0.4) is 0 Å². The summed E-state index contributed by atoms with van der Waals surface area (Å²) in [5.74, 6) is 0.408. The molecular formula is C19H27N5O4S. The molecule has 3 heterocycles. The Bertz CT molecular complexity index is 1060. The third-order valence-electron chi connectivity index (χ3n) is 6.23. The summed E-state index contributed by atoms with van der Waals surface area (Å²) in [6, 6.07) is 3.22. The molecule has 0 amide bonds. The molecule has 0 bridgehead atoms. The van der Waals surface area contributed by atoms with E-state index < -0.39 is 16.1 Å². The maximum Gasteiger partial charge on any atom is 0.252 e. The van der Waals surface area contributed by atoms with E-state index >= 15 is 0 Å². The lowest BCUT2D eigenvalue weighted by atomic mass is 10.0. The second-order valence-corrected chi connectivity index (χ2v) is 10.1. The standard InChI is InChI=1S/C19H27N5O4S/c1-12-15(4-5-16(12)25)24-17(26)6-3-13-11-20-19(22-18(13)24)21-14-7-9-23(10-8-14)29(2,27)28/h3,6,11-12,14-16,25H,4-5,7-10H2,1-2H3,(H,20,21,22)/t12-,15-,16+/m0/s1. The molecule has 2 aromatic rings. The Morgan fingerprint density at radius 3 is 2.52 bits per heavy atom. The van der Waals surface area contributed by atoms with Crippen LogP contribution in [-0.4, -0.2) is 63.9 Å². The highest BCUT2D eigenvalue weighted by Gasteiger charge is 2.34. The molecule has 1 aliphatic heterocycles. The molecule has 29 heavy (non-hydrogen) atoms. The van der Waals surface area contributed by atoms with Crippen LogP contribution in [0.4, 0.5) is 5.95 Å². The van der Waals surface area contributed by atoms with Crippen molar-refractivity contribution in [3.8, 4) is 0 Å². The number of nitrogens with one attached hydrogen (secondary N) is 1. The van der Waals surface area contributed by atoms with Gasteiger partial charge in [-0.15, -0.1) is 0 Å². The predicted molar refractivity (Wildman–Crippen MR) is 110 cm³/mol. The molecule has 0 radical (unpaired) electrons. The Balaban J connectivity index is 1.59. The minimum atomic E-state index is -3.16. The molecule has 1 saturated heterocycles. The molecular weight excluding hydrogens is 394 g/mol. The average Bonchev–Trinajstić information content (AvgIpc) is 3.00. The number of sulfonamides is 1. The van der Waals surface area contributed by atoms with Gasteiger partial charge < -0.3 is 10.4 Å². The summed E-state index contributed by atoms with van der Waals surface area (Å²) >= 11 is 0. The third kappa shape index (κ3) is 4.01. The zero-order valence-electron chi connectivity index (χ0n) is 16.7. The fourth-order valence-electron chi connectivity index (χ4n) is 4.43. The van der Waals surface area contributed by atoms with E-state index in [1.165, 1.54) is 16.6 Å². The van der Waals surface area contributed by atoms with Gasteiger partial charge in [-0.1, -0.05) is 6.92 Å². The Labute approximate surface area is 169 Å². The Morgan fingerprint density at radius 1 is 1.17 bits per heavy atom. The molecule has 4 rings (SSSR count). The van der Waals surface area contributed by atoms with Crippen molar-refractivity contribution in [3.05, 3.63) is 28.7 Å². The molecule has 2 aliphatic rings. The van der Waals surface area contributed by atoms with E-state index in [1.807, 2.05) is 6.92 Å². The normalized spacial score (nSPS) is 26.8. The molecule has 0 spiro atoms. The maximum atomic E-state index is 12.6. The van der Waals surface area contributed by atoms with Crippen molar-refractivity contribution < 1.29 is 13.5 Å². The Hall–Kier alpha value is -2.04. The Kier molecular flexibility index (Phi) is 5.34. The van der Waals surface area contributed by atoms with Crippen LogP contribution in [0.1, 0.15) is 38.6 Å². The number of aliphatic hydroxyl groups is 1. The minimum absolute atomic E-state index is 0.0232. The van der Waals surface area contributed by atoms with Crippen LogP contribution in [0.2, 0.25) is 0 Å². The zero-order valence-corrected chi connectivity index (χ0v) is 17.5. The molecule has 9 nitrogen and oxygen atoms in total. The second kappa shape index (κ2) is 7.66. The molecule has 1 aliphatic carbocycles. The van der Waals surface area contributed by atoms with E-state index in [0.29, 0.717) is 43.9 Å². The van der Waals surface area contributed by atoms with Crippen molar-refractivity contribution in [2.75, 3.05) is 24.7 Å². The van der Waals surface area contributed by atoms with E-state index in [2.05, 4.69) is 15.3 Å². The number of aromatic nitrogens is 3. The lowest BCUT2D eigenvalue weighted by molar-refractivity contribution is 0.129. The largest absolute Gasteiger partial charge is 0.393 e. The summed E-state index contributed by atoms with van der Waals surface area (Å²) < 4.78 is 26.5. The highest BCUT2D eigenvalue weighted by molar-refractivity contribution is 7.88. The van der Waals surface area contributed by atoms with Crippen LogP contribution in [-0.2, 0) is 10.0 Å². The molecule has 2 aromatic heterocycles. The van der Waals surface area contributed by atoms with Crippen LogP contribution in [0.15, 0.2) is 23.1 Å². The number of pyridine rings is 1. The van der Waals surface area contributed by atoms with Gasteiger partial charge in [0.15, 0.2) is 0 Å². The molecule has 3 atom stereocenters. The molecule has 0 aromatic carbocycles. The average molecular weight is 422 g/mol. The van der Waals surface area contributed by atoms with Gasteiger partial charge in [0.25, 0.3) is 5.56 Å². The summed E-state index contributed by atoms with van der Waals surface area (Å²) in [4.78, 5) is 21.7. The molecule has 158 valence electrons. The first kappa shape index (κ1) is 20.2. The van der Waals surface area contributed by atoms with Crippen LogP contribution in [0.5, 0.6) is 0 Å². The van der Waals surface area contributed by atoms with E-state index in [1.54, 1.807) is 16.8 Å². The first-order chi connectivity index (χ1) is 13.7. The summed E-state index contributed by atoms with van der Waals surface area (Å²) in [5.41, 5.74) is 0.434. The van der Waals surface area contributed by atoms with Gasteiger partial charge in [-0.25, -0.2) is 17.7 Å². The fourth-order valence-corrected chi connectivity index (χ4v) is 5.30. The first-order valence-corrected chi connectivity index (χ1v) is 11.9. The minimum Gasteiger partial charge on any atom is -0.393 e. The predicted octanol–water partition coefficient (Wildman–Crippen LogP) is 0.959. The van der Waals surface area contributed by atoms with E-state index in [0.717, 1.165) is 11.8 Å². The van der Waals surface area contributed by atoms with Crippen LogP contribution >= 0.6 is 0 Å². The highest BCUT2D eigenvalue weighted by atomic mass is 32.2. The topological polar surface area (TPSA) is 117 Å². The number of rotatable bonds is 4. The summed E-state index contributed by atoms with van der Waals surface area (Å²) in [5, 5.41) is 14.2. The third-order valence-corrected chi connectivity index (χ3v) is 7.53. The number of hydrogen-bond acceptors (Lipinski definition) is 7. The first-order valence-electron chi connectivity index (χ1n) is 10.0. The number of nitrogens with zero attached hydrogens (tertiary/aromatic N) is 4. The summed E-state index contributed by atoms with van der Waals surface area (Å²) in [6.07, 6.45) is 5.25. The molecule has 10 heteroatoms. The van der Waals surface area contributed by atoms with Gasteiger partial charge in [-0.2, -0.15) is 4.98 Å². The second-order valence-electron chi connectivity index (χ2n) is 8.17. The van der Waals surface area contributed by atoms with Gasteiger partial charge in [0.1, 0.15) is 5.65 Å². The Morgan fingerprint density at radius 2 is 1.90 bits per heavy atom. The zero-order chi connectivity index (χ0) is 20.8. The monoisotopic (exact) mass is 421 g/mol. The van der Waals surface area contributed by atoms with Gasteiger partial charge in [0, 0.05) is 48.7 Å². The number of hydrogen-bond donors (Lipinski definition) is 2. The van der Waals surface area contributed by atoms with Crippen molar-refractivity contribution in [3.63, 3.8) is 0 Å². The van der Waals surface area contributed by atoms with Gasteiger partial charge >= 0.3 is 0 Å². The molecule has 2 fully saturated rings. The van der Waals surface area contributed by atoms with Gasteiger partial charge in [0.2, 0.25) is 16.0 Å². The number of piperidine rings is 1. The van der Waals surface area contributed by atoms with Crippen molar-refractivity contribution >= 4 is 27.0 Å². The van der Waals surface area contributed by atoms with Crippen LogP contribution in [0, 0.1) is 5.92 Å². The fraction of sp³-hybridized carbons (Fsp3) is 0.632. The molecule has 0 unspecified atom stereocenters. The number of anilines is 1. The van der Waals surface area contributed by atoms with Crippen molar-refractivity contribution in [2.45, 2.75) is 50.8 Å². The lowest BCUT2D eigenvalue weighted by Crippen LogP contribution is -2.42. The van der Waals surface area contributed by atoms with Crippen molar-refractivity contribution in [2.24, 2.45) is 5.92 Å². The summed E-state index contributed by atoms with van der Waals surface area (Å²) in [7, 11) is -3.16. The summed E-state index contributed by atoms with van der Waals surface area (Å²) in [6.45, 7) is 2.89.